The smallest absolute Gasteiger partial charge is 0.0564 e. The minimum absolute atomic E-state index is 0.170. The van der Waals surface area contributed by atoms with E-state index in [1.54, 1.807) is 0 Å². The van der Waals surface area contributed by atoms with Crippen molar-refractivity contribution in [2.45, 2.75) is 20.8 Å². The van der Waals surface area contributed by atoms with Crippen LogP contribution in [0.5, 0.6) is 0 Å². The van der Waals surface area contributed by atoms with Crippen molar-refractivity contribution in [2.75, 3.05) is 33.0 Å². The second kappa shape index (κ2) is 2.94. The highest BCUT2D eigenvalue weighted by atomic mass is 16.5. The van der Waals surface area contributed by atoms with Crippen molar-refractivity contribution in [3.63, 3.8) is 0 Å². The molecule has 0 amide bonds. The molecule has 2 aliphatic rings. The van der Waals surface area contributed by atoms with Crippen molar-refractivity contribution >= 4 is 0 Å². The molecular formula is C11H21NO2. The predicted molar refractivity (Wildman–Crippen MR) is 55.0 cm³/mol. The van der Waals surface area contributed by atoms with Gasteiger partial charge in [0.2, 0.25) is 0 Å². The molecule has 2 aliphatic heterocycles. The standard InChI is InChI=1S/C11H21NO2/c1-9(2,3)11(7-14-8-11)10(4-12)5-13-6-10/h4-8,12H2,1-3H3. The molecule has 2 fully saturated rings. The second-order valence-corrected chi connectivity index (χ2v) is 5.80. The fraction of sp³-hybridized carbons (Fsp3) is 1.00. The Labute approximate surface area is 85.9 Å². The highest BCUT2D eigenvalue weighted by molar-refractivity contribution is 5.11. The summed E-state index contributed by atoms with van der Waals surface area (Å²) in [5.41, 5.74) is 6.57. The van der Waals surface area contributed by atoms with E-state index in [4.69, 9.17) is 15.2 Å². The van der Waals surface area contributed by atoms with E-state index in [1.807, 2.05) is 0 Å². The Balaban J connectivity index is 2.27. The summed E-state index contributed by atoms with van der Waals surface area (Å²) in [5, 5.41) is 0. The highest BCUT2D eigenvalue weighted by Crippen LogP contribution is 2.58. The minimum Gasteiger partial charge on any atom is -0.380 e. The fourth-order valence-electron chi connectivity index (χ4n) is 2.78. The van der Waals surface area contributed by atoms with Gasteiger partial charge in [0.1, 0.15) is 0 Å². The van der Waals surface area contributed by atoms with Crippen molar-refractivity contribution in [2.24, 2.45) is 22.0 Å². The van der Waals surface area contributed by atoms with E-state index in [0.717, 1.165) is 26.4 Å². The SMILES string of the molecule is CC(C)(C)C1(C2(CN)COC2)COC1. The molecule has 0 aromatic carbocycles. The maximum atomic E-state index is 5.93. The Kier molecular flexibility index (Phi) is 2.18. The Bertz CT molecular complexity index is 218. The van der Waals surface area contributed by atoms with Crippen LogP contribution >= 0.6 is 0 Å². The van der Waals surface area contributed by atoms with Gasteiger partial charge in [0.25, 0.3) is 0 Å². The first-order chi connectivity index (χ1) is 6.47. The van der Waals surface area contributed by atoms with Crippen molar-refractivity contribution in [3.8, 4) is 0 Å². The van der Waals surface area contributed by atoms with Crippen LogP contribution in [0.3, 0.4) is 0 Å². The third kappa shape index (κ3) is 1.03. The van der Waals surface area contributed by atoms with Crippen LogP contribution < -0.4 is 5.73 Å². The number of nitrogens with two attached hydrogens (primary N) is 1. The summed E-state index contributed by atoms with van der Waals surface area (Å²) in [7, 11) is 0. The monoisotopic (exact) mass is 199 g/mol. The first-order valence-corrected chi connectivity index (χ1v) is 5.33. The van der Waals surface area contributed by atoms with Gasteiger partial charge in [-0.05, 0) is 5.41 Å². The molecule has 0 aliphatic carbocycles. The van der Waals surface area contributed by atoms with Crippen LogP contribution in [0.2, 0.25) is 0 Å². The molecule has 0 bridgehead atoms. The lowest BCUT2D eigenvalue weighted by atomic mass is 9.50. The van der Waals surface area contributed by atoms with Crippen molar-refractivity contribution in [1.82, 2.24) is 0 Å². The molecular weight excluding hydrogens is 178 g/mol. The number of ether oxygens (including phenoxy) is 2. The van der Waals surface area contributed by atoms with Crippen molar-refractivity contribution in [3.05, 3.63) is 0 Å². The van der Waals surface area contributed by atoms with E-state index in [2.05, 4.69) is 20.8 Å². The average Bonchev–Trinajstić information content (AvgIpc) is 1.89. The molecule has 2 N–H and O–H groups in total. The van der Waals surface area contributed by atoms with Crippen LogP contribution in [0, 0.1) is 16.2 Å². The molecule has 82 valence electrons. The molecule has 14 heavy (non-hydrogen) atoms. The summed E-state index contributed by atoms with van der Waals surface area (Å²) in [6.07, 6.45) is 0. The molecule has 2 rings (SSSR count). The van der Waals surface area contributed by atoms with Crippen LogP contribution in [-0.4, -0.2) is 33.0 Å². The Morgan fingerprint density at radius 2 is 1.57 bits per heavy atom. The number of rotatable bonds is 2. The molecule has 2 saturated heterocycles. The average molecular weight is 199 g/mol. The molecule has 0 aromatic rings. The highest BCUT2D eigenvalue weighted by Gasteiger charge is 2.64. The summed E-state index contributed by atoms with van der Waals surface area (Å²) < 4.78 is 10.8. The lowest BCUT2D eigenvalue weighted by molar-refractivity contribution is -0.300. The van der Waals surface area contributed by atoms with E-state index >= 15 is 0 Å². The van der Waals surface area contributed by atoms with Crippen molar-refractivity contribution in [1.29, 1.82) is 0 Å². The molecule has 0 aromatic heterocycles. The predicted octanol–water partition coefficient (Wildman–Crippen LogP) is 1.02. The van der Waals surface area contributed by atoms with Crippen molar-refractivity contribution < 1.29 is 9.47 Å². The van der Waals surface area contributed by atoms with E-state index in [9.17, 15) is 0 Å². The van der Waals surface area contributed by atoms with Gasteiger partial charge in [-0.3, -0.25) is 0 Å². The molecule has 0 radical (unpaired) electrons. The Morgan fingerprint density at radius 3 is 1.64 bits per heavy atom. The molecule has 0 saturated carbocycles. The lowest BCUT2D eigenvalue weighted by Crippen LogP contribution is -2.71. The Hall–Kier alpha value is -0.120. The summed E-state index contributed by atoms with van der Waals surface area (Å²) in [5.74, 6) is 0. The molecule has 2 heterocycles. The van der Waals surface area contributed by atoms with Crippen LogP contribution in [0.4, 0.5) is 0 Å². The van der Waals surface area contributed by atoms with Gasteiger partial charge in [-0.2, -0.15) is 0 Å². The lowest BCUT2D eigenvalue weighted by Gasteiger charge is -2.64. The number of hydrogen-bond acceptors (Lipinski definition) is 3. The van der Waals surface area contributed by atoms with E-state index in [1.165, 1.54) is 0 Å². The van der Waals surface area contributed by atoms with E-state index in [-0.39, 0.29) is 16.2 Å². The number of hydrogen-bond donors (Lipinski definition) is 1. The molecule has 0 unspecified atom stereocenters. The first kappa shape index (κ1) is 10.4. The van der Waals surface area contributed by atoms with Gasteiger partial charge in [0.05, 0.1) is 26.4 Å². The molecule has 0 spiro atoms. The van der Waals surface area contributed by atoms with Gasteiger partial charge in [0.15, 0.2) is 0 Å². The first-order valence-electron chi connectivity index (χ1n) is 5.33. The van der Waals surface area contributed by atoms with Crippen LogP contribution in [0.25, 0.3) is 0 Å². The summed E-state index contributed by atoms with van der Waals surface area (Å²) >= 11 is 0. The van der Waals surface area contributed by atoms with Crippen LogP contribution in [0.1, 0.15) is 20.8 Å². The quantitative estimate of drug-likeness (QED) is 0.722. The summed E-state index contributed by atoms with van der Waals surface area (Å²) in [6.45, 7) is 10.9. The largest absolute Gasteiger partial charge is 0.380 e. The normalized spacial score (nSPS) is 29.1. The van der Waals surface area contributed by atoms with Gasteiger partial charge in [0, 0.05) is 17.4 Å². The zero-order valence-electron chi connectivity index (χ0n) is 9.43. The summed E-state index contributed by atoms with van der Waals surface area (Å²) in [4.78, 5) is 0. The van der Waals surface area contributed by atoms with Gasteiger partial charge in [-0.1, -0.05) is 20.8 Å². The van der Waals surface area contributed by atoms with Gasteiger partial charge in [-0.25, -0.2) is 0 Å². The van der Waals surface area contributed by atoms with E-state index < -0.39 is 0 Å². The fourth-order valence-corrected chi connectivity index (χ4v) is 2.78. The molecule has 0 atom stereocenters. The third-order valence-corrected chi connectivity index (χ3v) is 4.30. The van der Waals surface area contributed by atoms with E-state index in [0.29, 0.717) is 6.54 Å². The van der Waals surface area contributed by atoms with Crippen LogP contribution in [0.15, 0.2) is 0 Å². The van der Waals surface area contributed by atoms with Gasteiger partial charge < -0.3 is 15.2 Å². The second-order valence-electron chi connectivity index (χ2n) is 5.80. The maximum Gasteiger partial charge on any atom is 0.0564 e. The minimum atomic E-state index is 0.170. The topological polar surface area (TPSA) is 44.5 Å². The van der Waals surface area contributed by atoms with Gasteiger partial charge in [-0.15, -0.1) is 0 Å². The summed E-state index contributed by atoms with van der Waals surface area (Å²) in [6, 6.07) is 0. The van der Waals surface area contributed by atoms with Crippen LogP contribution in [-0.2, 0) is 9.47 Å². The molecule has 3 heteroatoms. The van der Waals surface area contributed by atoms with Gasteiger partial charge >= 0.3 is 0 Å². The Morgan fingerprint density at radius 1 is 1.07 bits per heavy atom. The molecule has 3 nitrogen and oxygen atoms in total. The third-order valence-electron chi connectivity index (χ3n) is 4.30. The zero-order chi connectivity index (χ0) is 10.4. The zero-order valence-corrected chi connectivity index (χ0v) is 9.43. The maximum absolute atomic E-state index is 5.93.